The van der Waals surface area contributed by atoms with Crippen molar-refractivity contribution in [2.75, 3.05) is 0 Å². The Bertz CT molecular complexity index is 140. The van der Waals surface area contributed by atoms with Crippen molar-refractivity contribution in [3.8, 4) is 0 Å². The fourth-order valence-corrected chi connectivity index (χ4v) is 1.27. The lowest BCUT2D eigenvalue weighted by Crippen LogP contribution is -2.28. The van der Waals surface area contributed by atoms with E-state index in [9.17, 15) is 4.79 Å². The van der Waals surface area contributed by atoms with Gasteiger partial charge in [-0.2, -0.15) is 12.6 Å². The first-order chi connectivity index (χ1) is 4.87. The van der Waals surface area contributed by atoms with Gasteiger partial charge in [0.1, 0.15) is 0 Å². The lowest BCUT2D eigenvalue weighted by Gasteiger charge is -2.21. The summed E-state index contributed by atoms with van der Waals surface area (Å²) >= 11 is 4.33. The molecule has 0 aromatic heterocycles. The molecular weight excluding hydrogens is 158 g/mol. The van der Waals surface area contributed by atoms with Gasteiger partial charge in [0.25, 0.3) is 0 Å². The largest absolute Gasteiger partial charge is 0.369 e. The van der Waals surface area contributed by atoms with Crippen LogP contribution in [-0.2, 0) is 4.79 Å². The number of carbonyl (C=O) groups excluding carboxylic acids is 1. The number of amides is 1. The molecule has 0 spiro atoms. The molecule has 0 aromatic carbocycles. The van der Waals surface area contributed by atoms with Gasteiger partial charge in [-0.1, -0.05) is 20.8 Å². The van der Waals surface area contributed by atoms with Gasteiger partial charge in [0.2, 0.25) is 5.91 Å². The molecule has 0 radical (unpaired) electrons. The molecule has 1 unspecified atom stereocenters. The normalized spacial score (nSPS) is 14.5. The first-order valence-corrected chi connectivity index (χ1v) is 4.33. The second kappa shape index (κ2) is 4.00. The second-order valence-corrected chi connectivity index (χ2v) is 4.73. The van der Waals surface area contributed by atoms with Gasteiger partial charge in [-0.15, -0.1) is 0 Å². The first-order valence-electron chi connectivity index (χ1n) is 3.88. The van der Waals surface area contributed by atoms with Crippen molar-refractivity contribution < 1.29 is 4.79 Å². The van der Waals surface area contributed by atoms with Crippen molar-refractivity contribution in [3.05, 3.63) is 0 Å². The third-order valence-electron chi connectivity index (χ3n) is 1.64. The Kier molecular flexibility index (Phi) is 3.93. The van der Waals surface area contributed by atoms with Crippen molar-refractivity contribution in [2.24, 2.45) is 11.7 Å². The molecule has 0 fully saturated rings. The van der Waals surface area contributed by atoms with Crippen molar-refractivity contribution in [1.29, 1.82) is 0 Å². The van der Waals surface area contributed by atoms with Crippen molar-refractivity contribution in [3.63, 3.8) is 0 Å². The van der Waals surface area contributed by atoms with E-state index in [0.29, 0.717) is 0 Å². The zero-order valence-electron chi connectivity index (χ0n) is 7.42. The summed E-state index contributed by atoms with van der Waals surface area (Å²) in [6.45, 7) is 5.94. The summed E-state index contributed by atoms with van der Waals surface area (Å²) in [5.74, 6) is -0.239. The van der Waals surface area contributed by atoms with E-state index in [4.69, 9.17) is 5.73 Å². The van der Waals surface area contributed by atoms with E-state index < -0.39 is 0 Å². The Morgan fingerprint density at radius 3 is 2.18 bits per heavy atom. The molecular formula is C8H17NOS. The van der Waals surface area contributed by atoms with Crippen LogP contribution in [0.2, 0.25) is 0 Å². The van der Waals surface area contributed by atoms with E-state index in [1.165, 1.54) is 0 Å². The van der Waals surface area contributed by atoms with Crippen LogP contribution in [0.25, 0.3) is 0 Å². The van der Waals surface area contributed by atoms with Crippen LogP contribution >= 0.6 is 12.6 Å². The molecule has 0 saturated carbocycles. The lowest BCUT2D eigenvalue weighted by molar-refractivity contribution is -0.122. The van der Waals surface area contributed by atoms with Crippen molar-refractivity contribution in [1.82, 2.24) is 0 Å². The molecule has 0 heterocycles. The third-order valence-corrected chi connectivity index (χ3v) is 1.82. The van der Waals surface area contributed by atoms with E-state index in [2.05, 4.69) is 12.6 Å². The van der Waals surface area contributed by atoms with E-state index in [-0.39, 0.29) is 16.6 Å². The predicted molar refractivity (Wildman–Crippen MR) is 50.7 cm³/mol. The molecule has 66 valence electrons. The number of primary amides is 1. The van der Waals surface area contributed by atoms with E-state index in [1.807, 2.05) is 20.8 Å². The minimum Gasteiger partial charge on any atom is -0.369 e. The van der Waals surface area contributed by atoms with Gasteiger partial charge in [0.05, 0.1) is 0 Å². The fraction of sp³-hybridized carbons (Fsp3) is 0.875. The van der Waals surface area contributed by atoms with Gasteiger partial charge < -0.3 is 5.73 Å². The summed E-state index contributed by atoms with van der Waals surface area (Å²) in [5.41, 5.74) is 5.18. The first kappa shape index (κ1) is 10.8. The summed E-state index contributed by atoms with van der Waals surface area (Å²) in [7, 11) is 0. The number of rotatable bonds is 4. The molecule has 11 heavy (non-hydrogen) atoms. The summed E-state index contributed by atoms with van der Waals surface area (Å²) in [5, 5.41) is 0. The Hall–Kier alpha value is -0.180. The maximum atomic E-state index is 10.8. The van der Waals surface area contributed by atoms with Gasteiger partial charge in [-0.05, 0) is 12.8 Å². The second-order valence-electron chi connectivity index (χ2n) is 3.52. The van der Waals surface area contributed by atoms with Crippen molar-refractivity contribution in [2.45, 2.75) is 38.4 Å². The zero-order chi connectivity index (χ0) is 9.07. The van der Waals surface area contributed by atoms with Crippen LogP contribution in [0.3, 0.4) is 0 Å². The fourth-order valence-electron chi connectivity index (χ4n) is 1.05. The standard InChI is InChI=1S/C8H17NOS/c1-4-6(7(9)10)5-8(2,3)11/h6,11H,4-5H2,1-3H3,(H2,9,10). The monoisotopic (exact) mass is 175 g/mol. The zero-order valence-corrected chi connectivity index (χ0v) is 8.32. The SMILES string of the molecule is CCC(CC(C)(C)S)C(N)=O. The summed E-state index contributed by atoms with van der Waals surface area (Å²) in [6, 6.07) is 0. The molecule has 2 N–H and O–H groups in total. The van der Waals surface area contributed by atoms with E-state index in [1.54, 1.807) is 0 Å². The van der Waals surface area contributed by atoms with Gasteiger partial charge in [-0.3, -0.25) is 4.79 Å². The minimum absolute atomic E-state index is 0.0255. The highest BCUT2D eigenvalue weighted by molar-refractivity contribution is 7.81. The predicted octanol–water partition coefficient (Wildman–Crippen LogP) is 1.60. The molecule has 0 saturated heterocycles. The van der Waals surface area contributed by atoms with Crippen LogP contribution in [0.15, 0.2) is 0 Å². The summed E-state index contributed by atoms with van der Waals surface area (Å²) in [4.78, 5) is 10.8. The average molecular weight is 175 g/mol. The Morgan fingerprint density at radius 1 is 1.64 bits per heavy atom. The maximum absolute atomic E-state index is 10.8. The Balaban J connectivity index is 3.99. The number of thiol groups is 1. The van der Waals surface area contributed by atoms with Gasteiger partial charge in [0.15, 0.2) is 0 Å². The summed E-state index contributed by atoms with van der Waals surface area (Å²) in [6.07, 6.45) is 1.56. The molecule has 0 rings (SSSR count). The highest BCUT2D eigenvalue weighted by Gasteiger charge is 2.21. The third kappa shape index (κ3) is 5.13. The number of carbonyl (C=O) groups is 1. The Morgan fingerprint density at radius 2 is 2.09 bits per heavy atom. The number of hydrogen-bond acceptors (Lipinski definition) is 2. The highest BCUT2D eigenvalue weighted by Crippen LogP contribution is 2.24. The molecule has 1 amide bonds. The van der Waals surface area contributed by atoms with Gasteiger partial charge >= 0.3 is 0 Å². The van der Waals surface area contributed by atoms with Crippen LogP contribution in [0.4, 0.5) is 0 Å². The lowest BCUT2D eigenvalue weighted by atomic mass is 9.94. The molecule has 0 bridgehead atoms. The molecule has 1 atom stereocenters. The van der Waals surface area contributed by atoms with E-state index in [0.717, 1.165) is 12.8 Å². The molecule has 0 aliphatic rings. The maximum Gasteiger partial charge on any atom is 0.220 e. The molecule has 2 nitrogen and oxygen atoms in total. The molecule has 3 heteroatoms. The van der Waals surface area contributed by atoms with Crippen LogP contribution in [0.1, 0.15) is 33.6 Å². The van der Waals surface area contributed by atoms with Crippen molar-refractivity contribution >= 4 is 18.5 Å². The smallest absolute Gasteiger partial charge is 0.220 e. The van der Waals surface area contributed by atoms with Crippen LogP contribution in [-0.4, -0.2) is 10.7 Å². The highest BCUT2D eigenvalue weighted by atomic mass is 32.1. The minimum atomic E-state index is -0.213. The molecule has 0 aromatic rings. The molecule has 0 aliphatic heterocycles. The van der Waals surface area contributed by atoms with E-state index >= 15 is 0 Å². The quantitative estimate of drug-likeness (QED) is 0.626. The van der Waals surface area contributed by atoms with Crippen LogP contribution in [0.5, 0.6) is 0 Å². The Labute approximate surface area is 74.0 Å². The number of hydrogen-bond donors (Lipinski definition) is 2. The van der Waals surface area contributed by atoms with Crippen LogP contribution < -0.4 is 5.73 Å². The van der Waals surface area contributed by atoms with Crippen LogP contribution in [0, 0.1) is 5.92 Å². The number of nitrogens with two attached hydrogens (primary N) is 1. The summed E-state index contributed by atoms with van der Waals surface area (Å²) < 4.78 is -0.101. The average Bonchev–Trinajstić information content (AvgIpc) is 1.80. The molecule has 0 aliphatic carbocycles. The van der Waals surface area contributed by atoms with Gasteiger partial charge in [-0.25, -0.2) is 0 Å². The topological polar surface area (TPSA) is 43.1 Å². The van der Waals surface area contributed by atoms with Gasteiger partial charge in [0, 0.05) is 10.7 Å².